The highest BCUT2D eigenvalue weighted by atomic mass is 16.4. The van der Waals surface area contributed by atoms with Gasteiger partial charge >= 0.3 is 5.97 Å². The van der Waals surface area contributed by atoms with Crippen LogP contribution in [0.25, 0.3) is 11.0 Å². The van der Waals surface area contributed by atoms with E-state index >= 15 is 0 Å². The van der Waals surface area contributed by atoms with Crippen LogP contribution >= 0.6 is 0 Å². The number of fused-ring (bicyclic) bond motifs is 1. The first-order chi connectivity index (χ1) is 10.9. The molecule has 2 aromatic rings. The van der Waals surface area contributed by atoms with Crippen molar-refractivity contribution < 1.29 is 19.8 Å². The molecule has 120 valence electrons. The Bertz CT molecular complexity index is 883. The maximum Gasteiger partial charge on any atom is 0.322 e. The number of hydrogen-bond donors (Lipinski definition) is 3. The summed E-state index contributed by atoms with van der Waals surface area (Å²) >= 11 is 0. The monoisotopic (exact) mass is 317 g/mol. The van der Waals surface area contributed by atoms with Gasteiger partial charge in [0.05, 0.1) is 5.39 Å². The molecule has 2 aromatic heterocycles. The van der Waals surface area contributed by atoms with E-state index in [1.54, 1.807) is 12.1 Å². The molecule has 0 bridgehead atoms. The summed E-state index contributed by atoms with van der Waals surface area (Å²) in [6.45, 7) is -0.641. The molecule has 8 heteroatoms. The summed E-state index contributed by atoms with van der Waals surface area (Å²) in [5.74, 6) is -2.28. The molecule has 3 N–H and O–H groups in total. The van der Waals surface area contributed by atoms with Crippen molar-refractivity contribution in [2.24, 2.45) is 7.05 Å². The summed E-state index contributed by atoms with van der Waals surface area (Å²) in [7, 11) is 1.46. The van der Waals surface area contributed by atoms with Gasteiger partial charge in [0.25, 0.3) is 11.5 Å². The summed E-state index contributed by atoms with van der Waals surface area (Å²) < 4.78 is 1.19. The van der Waals surface area contributed by atoms with Crippen molar-refractivity contribution in [2.75, 3.05) is 6.54 Å². The zero-order valence-electron chi connectivity index (χ0n) is 12.4. The van der Waals surface area contributed by atoms with Gasteiger partial charge in [0, 0.05) is 18.7 Å². The molecular weight excluding hydrogens is 302 g/mol. The fraction of sp³-hybridized carbons (Fsp3) is 0.333. The standard InChI is InChI=1S/C15H15N3O5/c1-18-13-8(4-5-9(17-13)7-2-3-7)12(21)11(15(18)23)14(22)16-6-10(19)20/h4-5,7,21H,2-3,6H2,1H3,(H,16,22)(H,19,20). The highest BCUT2D eigenvalue weighted by molar-refractivity contribution is 6.02. The summed E-state index contributed by atoms with van der Waals surface area (Å²) in [4.78, 5) is 39.3. The van der Waals surface area contributed by atoms with Gasteiger partial charge in [-0.1, -0.05) is 0 Å². The Morgan fingerprint density at radius 2 is 2.09 bits per heavy atom. The number of nitrogens with one attached hydrogen (secondary N) is 1. The van der Waals surface area contributed by atoms with Gasteiger partial charge in [0.1, 0.15) is 23.5 Å². The minimum atomic E-state index is -1.24. The Balaban J connectivity index is 2.13. The molecule has 0 spiro atoms. The lowest BCUT2D eigenvalue weighted by molar-refractivity contribution is -0.135. The number of aromatic hydroxyl groups is 1. The van der Waals surface area contributed by atoms with Crippen molar-refractivity contribution in [3.8, 4) is 5.75 Å². The first-order valence-corrected chi connectivity index (χ1v) is 7.12. The van der Waals surface area contributed by atoms with Crippen molar-refractivity contribution in [3.63, 3.8) is 0 Å². The molecule has 1 fully saturated rings. The molecule has 1 amide bonds. The minimum Gasteiger partial charge on any atom is -0.506 e. The maximum absolute atomic E-state index is 12.3. The molecular formula is C15H15N3O5. The molecule has 8 nitrogen and oxygen atoms in total. The van der Waals surface area contributed by atoms with Crippen LogP contribution in [0.1, 0.15) is 34.8 Å². The number of rotatable bonds is 4. The van der Waals surface area contributed by atoms with Crippen LogP contribution in [-0.2, 0) is 11.8 Å². The van der Waals surface area contributed by atoms with Crippen molar-refractivity contribution in [1.82, 2.24) is 14.9 Å². The van der Waals surface area contributed by atoms with Gasteiger partial charge in [-0.15, -0.1) is 0 Å². The molecule has 2 heterocycles. The summed E-state index contributed by atoms with van der Waals surface area (Å²) in [6.07, 6.45) is 2.10. The summed E-state index contributed by atoms with van der Waals surface area (Å²) in [5.41, 5.74) is -0.0535. The van der Waals surface area contributed by atoms with Crippen molar-refractivity contribution in [3.05, 3.63) is 33.7 Å². The molecule has 0 atom stereocenters. The van der Waals surface area contributed by atoms with Crippen LogP contribution in [-0.4, -0.2) is 38.2 Å². The lowest BCUT2D eigenvalue weighted by atomic mass is 10.1. The lowest BCUT2D eigenvalue weighted by Crippen LogP contribution is -2.35. The number of carbonyl (C=O) groups excluding carboxylic acids is 1. The number of carboxylic acid groups (broad SMARTS) is 1. The van der Waals surface area contributed by atoms with E-state index in [1.165, 1.54) is 11.6 Å². The number of pyridine rings is 2. The molecule has 1 aliphatic carbocycles. The number of amides is 1. The Labute approximate surface area is 130 Å². The number of aliphatic carboxylic acids is 1. The van der Waals surface area contributed by atoms with Gasteiger partial charge in [0.15, 0.2) is 0 Å². The van der Waals surface area contributed by atoms with E-state index < -0.39 is 35.3 Å². The predicted octanol–water partition coefficient (Wildman–Crippen LogP) is 0.331. The number of carbonyl (C=O) groups is 2. The Hall–Kier alpha value is -2.90. The average molecular weight is 317 g/mol. The first-order valence-electron chi connectivity index (χ1n) is 7.12. The number of nitrogens with zero attached hydrogens (tertiary/aromatic N) is 2. The highest BCUT2D eigenvalue weighted by Gasteiger charge is 2.27. The van der Waals surface area contributed by atoms with Crippen LogP contribution in [0.3, 0.4) is 0 Å². The molecule has 0 aromatic carbocycles. The van der Waals surface area contributed by atoms with Gasteiger partial charge in [-0.2, -0.15) is 0 Å². The quantitative estimate of drug-likeness (QED) is 0.747. The molecule has 3 rings (SSSR count). The average Bonchev–Trinajstić information content (AvgIpc) is 3.35. The molecule has 1 aliphatic rings. The van der Waals surface area contributed by atoms with E-state index in [0.717, 1.165) is 18.5 Å². The first kappa shape index (κ1) is 15.0. The van der Waals surface area contributed by atoms with Gasteiger partial charge in [-0.05, 0) is 25.0 Å². The van der Waals surface area contributed by atoms with E-state index in [1.807, 2.05) is 0 Å². The van der Waals surface area contributed by atoms with Gasteiger partial charge < -0.3 is 15.5 Å². The van der Waals surface area contributed by atoms with Crippen molar-refractivity contribution in [1.29, 1.82) is 0 Å². The SMILES string of the molecule is Cn1c(=O)c(C(=O)NCC(=O)O)c(O)c2ccc(C3CC3)nc21. The van der Waals surface area contributed by atoms with E-state index in [9.17, 15) is 19.5 Å². The largest absolute Gasteiger partial charge is 0.506 e. The minimum absolute atomic E-state index is 0.275. The number of carboxylic acids is 1. The van der Waals surface area contributed by atoms with Crippen molar-refractivity contribution >= 4 is 22.9 Å². The Morgan fingerprint density at radius 3 is 2.70 bits per heavy atom. The fourth-order valence-corrected chi connectivity index (χ4v) is 2.46. The van der Waals surface area contributed by atoms with Gasteiger partial charge in [0.2, 0.25) is 0 Å². The van der Waals surface area contributed by atoms with Gasteiger partial charge in [-0.3, -0.25) is 19.0 Å². The second kappa shape index (κ2) is 5.38. The zero-order chi connectivity index (χ0) is 16.7. The molecule has 0 saturated heterocycles. The smallest absolute Gasteiger partial charge is 0.322 e. The van der Waals surface area contributed by atoms with E-state index in [-0.39, 0.29) is 5.39 Å². The third-order valence-electron chi connectivity index (χ3n) is 3.85. The number of hydrogen-bond acceptors (Lipinski definition) is 5. The summed E-state index contributed by atoms with van der Waals surface area (Å²) in [5, 5.41) is 21.2. The molecule has 0 unspecified atom stereocenters. The lowest BCUT2D eigenvalue weighted by Gasteiger charge is -2.11. The number of aromatic nitrogens is 2. The highest BCUT2D eigenvalue weighted by Crippen LogP contribution is 2.39. The number of aryl methyl sites for hydroxylation is 1. The van der Waals surface area contributed by atoms with Crippen LogP contribution in [0, 0.1) is 0 Å². The second-order valence-corrected chi connectivity index (χ2v) is 5.55. The topological polar surface area (TPSA) is 122 Å². The molecule has 1 saturated carbocycles. The Kier molecular flexibility index (Phi) is 3.51. The summed E-state index contributed by atoms with van der Waals surface area (Å²) in [6, 6.07) is 3.39. The van der Waals surface area contributed by atoms with Crippen LogP contribution in [0.15, 0.2) is 16.9 Å². The van der Waals surface area contributed by atoms with E-state index in [4.69, 9.17) is 5.11 Å². The van der Waals surface area contributed by atoms with Crippen LogP contribution < -0.4 is 10.9 Å². The second-order valence-electron chi connectivity index (χ2n) is 5.55. The third kappa shape index (κ3) is 2.63. The van der Waals surface area contributed by atoms with Crippen LogP contribution in [0.4, 0.5) is 0 Å². The third-order valence-corrected chi connectivity index (χ3v) is 3.85. The maximum atomic E-state index is 12.3. The van der Waals surface area contributed by atoms with Crippen molar-refractivity contribution in [2.45, 2.75) is 18.8 Å². The van der Waals surface area contributed by atoms with E-state index in [2.05, 4.69) is 10.3 Å². The normalized spacial score (nSPS) is 14.0. The molecule has 23 heavy (non-hydrogen) atoms. The van der Waals surface area contributed by atoms with Gasteiger partial charge in [-0.25, -0.2) is 4.98 Å². The predicted molar refractivity (Wildman–Crippen MR) is 80.6 cm³/mol. The van der Waals surface area contributed by atoms with Crippen LogP contribution in [0.5, 0.6) is 5.75 Å². The molecule has 0 radical (unpaired) electrons. The van der Waals surface area contributed by atoms with E-state index in [0.29, 0.717) is 11.6 Å². The fourth-order valence-electron chi connectivity index (χ4n) is 2.46. The molecule has 0 aliphatic heterocycles. The Morgan fingerprint density at radius 1 is 1.39 bits per heavy atom. The zero-order valence-corrected chi connectivity index (χ0v) is 12.4. The van der Waals surface area contributed by atoms with Crippen LogP contribution in [0.2, 0.25) is 0 Å².